The fourth-order valence-electron chi connectivity index (χ4n) is 1.07. The van der Waals surface area contributed by atoms with E-state index in [1.54, 1.807) is 6.92 Å². The van der Waals surface area contributed by atoms with Crippen molar-refractivity contribution in [2.75, 3.05) is 13.2 Å². The first-order chi connectivity index (χ1) is 7.47. The van der Waals surface area contributed by atoms with Gasteiger partial charge in [-0.05, 0) is 13.3 Å². The molecule has 0 aromatic carbocycles. The highest BCUT2D eigenvalue weighted by Crippen LogP contribution is 2.35. The predicted octanol–water partition coefficient (Wildman–Crippen LogP) is 2.45. The summed E-state index contributed by atoms with van der Waals surface area (Å²) in [7, 11) is -4.23. The lowest BCUT2D eigenvalue weighted by Crippen LogP contribution is -1.92. The Morgan fingerprint density at radius 1 is 1.00 bits per heavy atom. The Morgan fingerprint density at radius 3 is 1.88 bits per heavy atom. The van der Waals surface area contributed by atoms with Gasteiger partial charge < -0.3 is 14.9 Å². The van der Waals surface area contributed by atoms with E-state index in [1.165, 1.54) is 19.3 Å². The third-order valence-electron chi connectivity index (χ3n) is 1.76. The number of unbranched alkanes of at least 4 members (excludes halogenated alkanes) is 5. The summed E-state index contributed by atoms with van der Waals surface area (Å²) in [5.74, 6) is 0. The van der Waals surface area contributed by atoms with Crippen LogP contribution in [0.3, 0.4) is 0 Å². The van der Waals surface area contributed by atoms with Crippen LogP contribution in [0.2, 0.25) is 0 Å². The van der Waals surface area contributed by atoms with Crippen LogP contribution < -0.4 is 0 Å². The molecule has 0 aliphatic heterocycles. The maximum absolute atomic E-state index is 10.2. The van der Waals surface area contributed by atoms with Gasteiger partial charge in [-0.3, -0.25) is 4.52 Å². The first kappa shape index (κ1) is 18.4. The van der Waals surface area contributed by atoms with E-state index in [4.69, 9.17) is 14.9 Å². The average Bonchev–Trinajstić information content (AvgIpc) is 2.16. The van der Waals surface area contributed by atoms with Crippen LogP contribution in [0.1, 0.15) is 52.4 Å². The Hall–Kier alpha value is 0.0700. The summed E-state index contributed by atoms with van der Waals surface area (Å²) in [4.78, 5) is 16.7. The van der Waals surface area contributed by atoms with Crippen molar-refractivity contribution in [3.05, 3.63) is 0 Å². The van der Waals surface area contributed by atoms with Gasteiger partial charge in [-0.2, -0.15) is 0 Å². The zero-order chi connectivity index (χ0) is 12.9. The van der Waals surface area contributed by atoms with Gasteiger partial charge in [0.1, 0.15) is 0 Å². The van der Waals surface area contributed by atoms with Crippen molar-refractivity contribution in [2.24, 2.45) is 0 Å². The number of aliphatic hydroxyl groups is 1. The van der Waals surface area contributed by atoms with Crippen LogP contribution in [-0.2, 0) is 9.09 Å². The third kappa shape index (κ3) is 23.7. The number of aliphatic hydroxyl groups excluding tert-OH is 1. The van der Waals surface area contributed by atoms with Crippen LogP contribution in [0.15, 0.2) is 0 Å². The van der Waals surface area contributed by atoms with E-state index >= 15 is 0 Å². The van der Waals surface area contributed by atoms with Gasteiger partial charge in [-0.1, -0.05) is 39.0 Å². The Kier molecular flexibility index (Phi) is 15.1. The van der Waals surface area contributed by atoms with Crippen LogP contribution in [0, 0.1) is 0 Å². The zero-order valence-corrected chi connectivity index (χ0v) is 11.2. The molecule has 0 fully saturated rings. The minimum Gasteiger partial charge on any atom is -0.397 e. The lowest BCUT2D eigenvalue weighted by Gasteiger charge is -2.04. The smallest absolute Gasteiger partial charge is 0.397 e. The van der Waals surface area contributed by atoms with E-state index in [-0.39, 0.29) is 13.2 Å². The summed E-state index contributed by atoms with van der Waals surface area (Å²) in [6.07, 6.45) is 6.48. The molecule has 100 valence electrons. The molecular formula is C10H25O5P. The minimum atomic E-state index is -4.23. The monoisotopic (exact) mass is 256 g/mol. The number of phosphoric acid groups is 1. The van der Waals surface area contributed by atoms with Crippen molar-refractivity contribution >= 4 is 7.82 Å². The lowest BCUT2D eigenvalue weighted by atomic mass is 10.1. The van der Waals surface area contributed by atoms with Crippen LogP contribution in [0.4, 0.5) is 0 Å². The Bertz CT molecular complexity index is 169. The van der Waals surface area contributed by atoms with Gasteiger partial charge >= 0.3 is 7.82 Å². The second-order valence-corrected chi connectivity index (χ2v) is 4.65. The van der Waals surface area contributed by atoms with E-state index in [1.807, 2.05) is 0 Å². The molecule has 3 N–H and O–H groups in total. The molecule has 0 bridgehead atoms. The molecule has 0 radical (unpaired) electrons. The molecule has 0 saturated carbocycles. The summed E-state index contributed by atoms with van der Waals surface area (Å²) >= 11 is 0. The molecule has 0 aromatic heterocycles. The molecule has 0 aliphatic rings. The molecule has 0 amide bonds. The molecule has 0 rings (SSSR count). The molecular weight excluding hydrogens is 231 g/mol. The molecule has 5 nitrogen and oxygen atoms in total. The third-order valence-corrected chi connectivity index (χ3v) is 2.28. The molecule has 0 spiro atoms. The number of hydrogen-bond donors (Lipinski definition) is 3. The van der Waals surface area contributed by atoms with Crippen molar-refractivity contribution in [1.82, 2.24) is 0 Å². The van der Waals surface area contributed by atoms with Crippen LogP contribution in [-0.4, -0.2) is 28.1 Å². The number of rotatable bonds is 8. The minimum absolute atomic E-state index is 0.163. The fourth-order valence-corrected chi connectivity index (χ4v) is 1.43. The average molecular weight is 256 g/mol. The van der Waals surface area contributed by atoms with Gasteiger partial charge in [0.15, 0.2) is 0 Å². The SMILES string of the molecule is CCCCCCCCOP(=O)(O)O.CCO. The second kappa shape index (κ2) is 13.1. The van der Waals surface area contributed by atoms with Gasteiger partial charge in [0.05, 0.1) is 6.61 Å². The Morgan fingerprint density at radius 2 is 1.44 bits per heavy atom. The highest BCUT2D eigenvalue weighted by molar-refractivity contribution is 7.46. The Balaban J connectivity index is 0. The summed E-state index contributed by atoms with van der Waals surface area (Å²) < 4.78 is 14.5. The zero-order valence-electron chi connectivity index (χ0n) is 10.3. The van der Waals surface area contributed by atoms with E-state index in [0.29, 0.717) is 0 Å². The van der Waals surface area contributed by atoms with E-state index in [9.17, 15) is 4.57 Å². The molecule has 0 heterocycles. The Labute approximate surface area is 98.1 Å². The van der Waals surface area contributed by atoms with Gasteiger partial charge in [0.25, 0.3) is 0 Å². The molecule has 16 heavy (non-hydrogen) atoms. The quantitative estimate of drug-likeness (QED) is 0.458. The first-order valence-electron chi connectivity index (χ1n) is 5.78. The summed E-state index contributed by atoms with van der Waals surface area (Å²) in [6, 6.07) is 0. The largest absolute Gasteiger partial charge is 0.469 e. The summed E-state index contributed by atoms with van der Waals surface area (Å²) in [5.41, 5.74) is 0. The molecule has 0 aliphatic carbocycles. The maximum atomic E-state index is 10.2. The van der Waals surface area contributed by atoms with E-state index in [2.05, 4.69) is 11.4 Å². The lowest BCUT2D eigenvalue weighted by molar-refractivity contribution is 0.193. The van der Waals surface area contributed by atoms with Crippen LogP contribution in [0.25, 0.3) is 0 Å². The number of hydrogen-bond acceptors (Lipinski definition) is 3. The van der Waals surface area contributed by atoms with Gasteiger partial charge in [0, 0.05) is 6.61 Å². The highest BCUT2D eigenvalue weighted by Gasteiger charge is 2.12. The van der Waals surface area contributed by atoms with Crippen LogP contribution in [0.5, 0.6) is 0 Å². The molecule has 0 saturated heterocycles. The topological polar surface area (TPSA) is 87.0 Å². The predicted molar refractivity (Wildman–Crippen MR) is 64.1 cm³/mol. The van der Waals surface area contributed by atoms with Crippen LogP contribution >= 0.6 is 7.82 Å². The summed E-state index contributed by atoms with van der Waals surface area (Å²) in [5, 5.41) is 7.57. The van der Waals surface area contributed by atoms with Crippen molar-refractivity contribution in [2.45, 2.75) is 52.4 Å². The molecule has 0 aromatic rings. The first-order valence-corrected chi connectivity index (χ1v) is 7.31. The summed E-state index contributed by atoms with van der Waals surface area (Å²) in [6.45, 7) is 4.24. The normalized spacial score (nSPS) is 10.8. The second-order valence-electron chi connectivity index (χ2n) is 3.41. The van der Waals surface area contributed by atoms with Crippen molar-refractivity contribution in [1.29, 1.82) is 0 Å². The molecule has 6 heteroatoms. The van der Waals surface area contributed by atoms with Gasteiger partial charge in [-0.25, -0.2) is 4.57 Å². The van der Waals surface area contributed by atoms with Gasteiger partial charge in [-0.15, -0.1) is 0 Å². The standard InChI is InChI=1S/C8H19O4P.C2H6O/c1-2-3-4-5-6-7-8-12-13(9,10)11;1-2-3/h2-8H2,1H3,(H2,9,10,11);3H,2H2,1H3. The molecule has 0 unspecified atom stereocenters. The van der Waals surface area contributed by atoms with Crippen molar-refractivity contribution in [3.63, 3.8) is 0 Å². The van der Waals surface area contributed by atoms with Crippen molar-refractivity contribution in [3.8, 4) is 0 Å². The highest BCUT2D eigenvalue weighted by atomic mass is 31.2. The fraction of sp³-hybridized carbons (Fsp3) is 1.00. The maximum Gasteiger partial charge on any atom is 0.469 e. The van der Waals surface area contributed by atoms with Crippen molar-refractivity contribution < 1.29 is 24.0 Å². The van der Waals surface area contributed by atoms with E-state index in [0.717, 1.165) is 19.3 Å². The van der Waals surface area contributed by atoms with E-state index < -0.39 is 7.82 Å². The molecule has 0 atom stereocenters. The number of phosphoric ester groups is 1. The van der Waals surface area contributed by atoms with Gasteiger partial charge in [0.2, 0.25) is 0 Å².